The van der Waals surface area contributed by atoms with Crippen molar-refractivity contribution in [2.75, 3.05) is 13.2 Å². The quantitative estimate of drug-likeness (QED) is 0.246. The molecule has 37 heavy (non-hydrogen) atoms. The first-order valence-electron chi connectivity index (χ1n) is 11.7. The maximum atomic E-state index is 13.3. The highest BCUT2D eigenvalue weighted by molar-refractivity contribution is 6.19. The van der Waals surface area contributed by atoms with Crippen molar-refractivity contribution in [2.24, 2.45) is 0 Å². The number of imide groups is 1. The van der Waals surface area contributed by atoms with Crippen molar-refractivity contribution in [3.63, 3.8) is 0 Å². The van der Waals surface area contributed by atoms with Crippen molar-refractivity contribution in [3.05, 3.63) is 108 Å². The first-order valence-corrected chi connectivity index (χ1v) is 11.7. The summed E-state index contributed by atoms with van der Waals surface area (Å²) in [5, 5.41) is 14.5. The van der Waals surface area contributed by atoms with Crippen molar-refractivity contribution in [1.29, 1.82) is 5.26 Å². The highest BCUT2D eigenvalue weighted by Gasteiger charge is 2.35. The van der Waals surface area contributed by atoms with Gasteiger partial charge in [-0.2, -0.15) is 10.4 Å². The third kappa shape index (κ3) is 4.91. The predicted molar refractivity (Wildman–Crippen MR) is 143 cm³/mol. The molecule has 0 unspecified atom stereocenters. The number of amides is 2. The molecule has 2 heterocycles. The average Bonchev–Trinajstić information content (AvgIpc) is 3.33. The lowest BCUT2D eigenvalue weighted by atomic mass is 9.93. The first kappa shape index (κ1) is 25.1. The van der Waals surface area contributed by atoms with E-state index in [1.54, 1.807) is 23.8 Å². The smallest absolute Gasteiger partial charge is 0.271 e. The molecule has 1 aromatic heterocycles. The molecule has 1 aliphatic heterocycles. The molecule has 7 nitrogen and oxygen atoms in total. The Kier molecular flexibility index (Phi) is 7.31. The molecule has 184 valence electrons. The molecule has 1 aliphatic rings. The number of rotatable bonds is 8. The van der Waals surface area contributed by atoms with Gasteiger partial charge in [-0.25, -0.2) is 4.68 Å². The summed E-state index contributed by atoms with van der Waals surface area (Å²) >= 11 is 0. The molecule has 2 amide bonds. The fourth-order valence-corrected chi connectivity index (χ4v) is 4.12. The molecule has 4 rings (SSSR count). The second kappa shape index (κ2) is 10.8. The van der Waals surface area contributed by atoms with Crippen molar-refractivity contribution >= 4 is 17.9 Å². The van der Waals surface area contributed by atoms with Crippen molar-refractivity contribution in [2.45, 2.75) is 13.8 Å². The minimum atomic E-state index is -0.618. The van der Waals surface area contributed by atoms with Crippen LogP contribution < -0.4 is 4.74 Å². The Labute approximate surface area is 215 Å². The van der Waals surface area contributed by atoms with Gasteiger partial charge >= 0.3 is 0 Å². The van der Waals surface area contributed by atoms with E-state index in [-0.39, 0.29) is 17.7 Å². The van der Waals surface area contributed by atoms with Crippen LogP contribution in [-0.4, -0.2) is 39.6 Å². The summed E-state index contributed by atoms with van der Waals surface area (Å²) in [6.45, 7) is 11.3. The molecular formula is C30H26N4O3. The number of para-hydroxylation sites is 1. The Morgan fingerprint density at radius 1 is 1.05 bits per heavy atom. The summed E-state index contributed by atoms with van der Waals surface area (Å²) in [7, 11) is 0. The largest absolute Gasteiger partial charge is 0.489 e. The van der Waals surface area contributed by atoms with Gasteiger partial charge in [-0.15, -0.1) is 6.58 Å². The van der Waals surface area contributed by atoms with E-state index in [1.165, 1.54) is 6.08 Å². The summed E-state index contributed by atoms with van der Waals surface area (Å²) in [5.74, 6) is -0.360. The molecule has 0 aliphatic carbocycles. The number of benzene rings is 2. The number of carbonyl (C=O) groups excluding carboxylic acids is 2. The lowest BCUT2D eigenvalue weighted by Crippen LogP contribution is -2.42. The Bertz CT molecular complexity index is 1500. The van der Waals surface area contributed by atoms with Crippen molar-refractivity contribution in [1.82, 2.24) is 14.7 Å². The minimum absolute atomic E-state index is 0.00890. The fraction of sp³-hybridized carbons (Fsp3) is 0.133. The predicted octanol–water partition coefficient (Wildman–Crippen LogP) is 5.19. The van der Waals surface area contributed by atoms with Crippen LogP contribution in [0.2, 0.25) is 0 Å². The Hall–Kier alpha value is -4.96. The van der Waals surface area contributed by atoms with Gasteiger partial charge in [0.05, 0.1) is 11.4 Å². The topological polar surface area (TPSA) is 88.2 Å². The number of hydrogen-bond donors (Lipinski definition) is 0. The van der Waals surface area contributed by atoms with Gasteiger partial charge in [0.25, 0.3) is 11.8 Å². The van der Waals surface area contributed by atoms with Crippen LogP contribution in [0, 0.1) is 18.3 Å². The third-order valence-electron chi connectivity index (χ3n) is 6.01. The number of nitriles is 1. The van der Waals surface area contributed by atoms with Crippen LogP contribution in [0.4, 0.5) is 0 Å². The molecule has 0 saturated carbocycles. The molecule has 0 radical (unpaired) electrons. The SMILES string of the molecule is C=CCOc1ccc(-c2nn(-c3ccccc3)cc2/C=C2/C(=O)N(CC=C)C(=O)C(C#N)=C2C)cc1C. The van der Waals surface area contributed by atoms with Gasteiger partial charge in [-0.3, -0.25) is 14.5 Å². The van der Waals surface area contributed by atoms with Crippen LogP contribution in [0.1, 0.15) is 18.1 Å². The van der Waals surface area contributed by atoms with Gasteiger partial charge < -0.3 is 4.74 Å². The summed E-state index contributed by atoms with van der Waals surface area (Å²) < 4.78 is 7.46. The number of nitrogens with zero attached hydrogens (tertiary/aromatic N) is 4. The van der Waals surface area contributed by atoms with Gasteiger partial charge in [-0.1, -0.05) is 36.9 Å². The van der Waals surface area contributed by atoms with Gasteiger partial charge in [0.1, 0.15) is 24.0 Å². The highest BCUT2D eigenvalue weighted by Crippen LogP contribution is 2.33. The zero-order valence-electron chi connectivity index (χ0n) is 20.8. The summed E-state index contributed by atoms with van der Waals surface area (Å²) in [6, 6.07) is 17.3. The summed E-state index contributed by atoms with van der Waals surface area (Å²) in [6.07, 6.45) is 6.67. The zero-order valence-corrected chi connectivity index (χ0v) is 20.8. The molecule has 0 atom stereocenters. The normalized spacial score (nSPS) is 14.6. The van der Waals surface area contributed by atoms with Gasteiger partial charge in [0.2, 0.25) is 0 Å². The molecule has 0 saturated heterocycles. The number of hydrogen-bond acceptors (Lipinski definition) is 5. The number of aromatic nitrogens is 2. The van der Waals surface area contributed by atoms with Crippen LogP contribution in [0.15, 0.2) is 96.8 Å². The average molecular weight is 491 g/mol. The van der Waals surface area contributed by atoms with E-state index in [2.05, 4.69) is 13.2 Å². The summed E-state index contributed by atoms with van der Waals surface area (Å²) in [5.41, 5.74) is 4.43. The van der Waals surface area contributed by atoms with Crippen molar-refractivity contribution in [3.8, 4) is 28.8 Å². The fourth-order valence-electron chi connectivity index (χ4n) is 4.12. The number of aryl methyl sites for hydroxylation is 1. The van der Waals surface area contributed by atoms with Crippen LogP contribution in [0.5, 0.6) is 5.75 Å². The molecule has 0 fully saturated rings. The molecule has 7 heteroatoms. The second-order valence-electron chi connectivity index (χ2n) is 8.47. The molecule has 0 spiro atoms. The maximum absolute atomic E-state index is 13.3. The van der Waals surface area contributed by atoms with E-state index in [1.807, 2.05) is 67.7 Å². The lowest BCUT2D eigenvalue weighted by molar-refractivity contribution is -0.139. The van der Waals surface area contributed by atoms with Crippen LogP contribution in [0.3, 0.4) is 0 Å². The highest BCUT2D eigenvalue weighted by atomic mass is 16.5. The second-order valence-corrected chi connectivity index (χ2v) is 8.47. The molecule has 0 N–H and O–H groups in total. The van der Waals surface area contributed by atoms with Crippen LogP contribution in [-0.2, 0) is 9.59 Å². The van der Waals surface area contributed by atoms with E-state index < -0.39 is 11.8 Å². The van der Waals surface area contributed by atoms with Crippen LogP contribution in [0.25, 0.3) is 23.0 Å². The molecule has 2 aromatic carbocycles. The number of ether oxygens (including phenoxy) is 1. The third-order valence-corrected chi connectivity index (χ3v) is 6.01. The standard InChI is InChI=1S/C30H26N4O3/c1-5-14-33-29(35)25(21(4)26(18-31)30(33)36)17-23-19-34(24-10-8-7-9-11-24)32-28(23)22-12-13-27(20(3)16-22)37-15-6-2/h5-13,16-17,19H,1-2,14-15H2,3-4H3/b25-17+. The number of carbonyl (C=O) groups is 2. The Balaban J connectivity index is 1.90. The summed E-state index contributed by atoms with van der Waals surface area (Å²) in [4.78, 5) is 27.1. The van der Waals surface area contributed by atoms with Gasteiger partial charge in [0.15, 0.2) is 0 Å². The van der Waals surface area contributed by atoms with E-state index in [9.17, 15) is 14.9 Å². The minimum Gasteiger partial charge on any atom is -0.489 e. The first-order chi connectivity index (χ1) is 17.9. The van der Waals surface area contributed by atoms with Crippen LogP contribution >= 0.6 is 0 Å². The molecule has 0 bridgehead atoms. The van der Waals surface area contributed by atoms with Gasteiger partial charge in [0, 0.05) is 29.4 Å². The Morgan fingerprint density at radius 2 is 1.81 bits per heavy atom. The lowest BCUT2D eigenvalue weighted by Gasteiger charge is -2.26. The molecular weight excluding hydrogens is 464 g/mol. The van der Waals surface area contributed by atoms with E-state index in [4.69, 9.17) is 9.84 Å². The van der Waals surface area contributed by atoms with E-state index in [0.29, 0.717) is 23.4 Å². The zero-order chi connectivity index (χ0) is 26.5. The van der Waals surface area contributed by atoms with E-state index >= 15 is 0 Å². The monoisotopic (exact) mass is 490 g/mol. The van der Waals surface area contributed by atoms with Crippen molar-refractivity contribution < 1.29 is 14.3 Å². The van der Waals surface area contributed by atoms with E-state index in [0.717, 1.165) is 27.5 Å². The molecule has 3 aromatic rings. The Morgan fingerprint density at radius 3 is 2.46 bits per heavy atom. The van der Waals surface area contributed by atoms with Gasteiger partial charge in [-0.05, 0) is 61.4 Å². The maximum Gasteiger partial charge on any atom is 0.271 e.